The molecule has 1 rings (SSSR count). The molecule has 0 bridgehead atoms. The van der Waals surface area contributed by atoms with Gasteiger partial charge in [-0.15, -0.1) is 18.8 Å². The van der Waals surface area contributed by atoms with E-state index in [1.807, 2.05) is 30.3 Å². The molecule has 1 aromatic carbocycles. The van der Waals surface area contributed by atoms with Crippen molar-refractivity contribution in [3.8, 4) is 24.7 Å². The van der Waals surface area contributed by atoms with Gasteiger partial charge in [0.1, 0.15) is 0 Å². The molecule has 0 aromatic heterocycles. The standard InChI is InChI=1S/C8H6.C6H10/c1-2-8-6-4-3-5-7-8;1-3-5-6-4-2/h1,3-7H;1H,4-6H2,2H3. The number of unbranched alkanes of at least 4 members (excludes halogenated alkanes) is 2. The summed E-state index contributed by atoms with van der Waals surface area (Å²) in [6, 6.07) is 9.60. The Balaban J connectivity index is 0.000000255. The lowest BCUT2D eigenvalue weighted by molar-refractivity contribution is 0.828. The fraction of sp³-hybridized carbons (Fsp3) is 0.286. The molecule has 0 saturated carbocycles. The van der Waals surface area contributed by atoms with Crippen molar-refractivity contribution in [2.24, 2.45) is 0 Å². The minimum atomic E-state index is 0.938. The van der Waals surface area contributed by atoms with E-state index >= 15 is 0 Å². The van der Waals surface area contributed by atoms with Crippen molar-refractivity contribution in [1.82, 2.24) is 0 Å². The van der Waals surface area contributed by atoms with E-state index in [-0.39, 0.29) is 0 Å². The smallest absolute Gasteiger partial charge is 0.0242 e. The zero-order valence-electron chi connectivity index (χ0n) is 8.66. The summed E-state index contributed by atoms with van der Waals surface area (Å²) in [7, 11) is 0. The summed E-state index contributed by atoms with van der Waals surface area (Å²) >= 11 is 0. The number of rotatable bonds is 2. The maximum Gasteiger partial charge on any atom is 0.0242 e. The number of terminal acetylenes is 2. The Hall–Kier alpha value is -1.66. The van der Waals surface area contributed by atoms with Crippen LogP contribution >= 0.6 is 0 Å². The van der Waals surface area contributed by atoms with E-state index in [9.17, 15) is 0 Å². The van der Waals surface area contributed by atoms with Crippen LogP contribution in [0.4, 0.5) is 0 Å². The van der Waals surface area contributed by atoms with Crippen LogP contribution in [0.15, 0.2) is 30.3 Å². The molecule has 0 amide bonds. The molecule has 0 spiro atoms. The molecule has 0 N–H and O–H groups in total. The van der Waals surface area contributed by atoms with E-state index < -0.39 is 0 Å². The highest BCUT2D eigenvalue weighted by Gasteiger charge is 1.76. The van der Waals surface area contributed by atoms with E-state index in [2.05, 4.69) is 18.8 Å². The summed E-state index contributed by atoms with van der Waals surface area (Å²) in [5, 5.41) is 0. The highest BCUT2D eigenvalue weighted by atomic mass is 13.8. The summed E-state index contributed by atoms with van der Waals surface area (Å²) in [5.74, 6) is 5.10. The Morgan fingerprint density at radius 1 is 1.14 bits per heavy atom. The largest absolute Gasteiger partial charge is 0.120 e. The van der Waals surface area contributed by atoms with Gasteiger partial charge in [-0.05, 0) is 18.6 Å². The van der Waals surface area contributed by atoms with Gasteiger partial charge in [0.15, 0.2) is 0 Å². The molecule has 0 radical (unpaired) electrons. The molecule has 0 aliphatic rings. The molecule has 0 heteroatoms. The third kappa shape index (κ3) is 7.01. The second-order valence-corrected chi connectivity index (χ2v) is 2.82. The molecule has 0 aliphatic heterocycles. The van der Waals surface area contributed by atoms with Crippen LogP contribution in [0.3, 0.4) is 0 Å². The highest BCUT2D eigenvalue weighted by Crippen LogP contribution is 1.93. The van der Waals surface area contributed by atoms with Gasteiger partial charge in [-0.3, -0.25) is 0 Å². The third-order valence-electron chi connectivity index (χ3n) is 1.62. The molecule has 0 fully saturated rings. The van der Waals surface area contributed by atoms with Crippen LogP contribution < -0.4 is 0 Å². The monoisotopic (exact) mass is 184 g/mol. The molecule has 72 valence electrons. The van der Waals surface area contributed by atoms with Crippen molar-refractivity contribution in [2.75, 3.05) is 0 Å². The average molecular weight is 184 g/mol. The van der Waals surface area contributed by atoms with Crippen LogP contribution in [0.5, 0.6) is 0 Å². The van der Waals surface area contributed by atoms with Crippen molar-refractivity contribution in [3.05, 3.63) is 35.9 Å². The van der Waals surface area contributed by atoms with Crippen LogP contribution in [0, 0.1) is 24.7 Å². The molecule has 0 heterocycles. The van der Waals surface area contributed by atoms with Gasteiger partial charge in [-0.2, -0.15) is 0 Å². The maximum absolute atomic E-state index is 5.10. The number of hydrogen-bond donors (Lipinski definition) is 0. The fourth-order valence-corrected chi connectivity index (χ4v) is 0.813. The zero-order valence-corrected chi connectivity index (χ0v) is 8.66. The molecular weight excluding hydrogens is 168 g/mol. The second-order valence-electron chi connectivity index (χ2n) is 2.82. The van der Waals surface area contributed by atoms with Gasteiger partial charge in [-0.25, -0.2) is 0 Å². The Morgan fingerprint density at radius 2 is 1.79 bits per heavy atom. The minimum Gasteiger partial charge on any atom is -0.120 e. The third-order valence-corrected chi connectivity index (χ3v) is 1.62. The Morgan fingerprint density at radius 3 is 2.07 bits per heavy atom. The Bertz CT molecular complexity index is 295. The van der Waals surface area contributed by atoms with E-state index in [4.69, 9.17) is 12.8 Å². The van der Waals surface area contributed by atoms with Gasteiger partial charge in [0.25, 0.3) is 0 Å². The number of hydrogen-bond acceptors (Lipinski definition) is 0. The van der Waals surface area contributed by atoms with Crippen LogP contribution in [-0.4, -0.2) is 0 Å². The zero-order chi connectivity index (χ0) is 10.6. The second kappa shape index (κ2) is 9.43. The van der Waals surface area contributed by atoms with E-state index in [1.165, 1.54) is 12.8 Å². The van der Waals surface area contributed by atoms with E-state index in [1.54, 1.807) is 0 Å². The van der Waals surface area contributed by atoms with Gasteiger partial charge in [0, 0.05) is 12.0 Å². The van der Waals surface area contributed by atoms with Gasteiger partial charge >= 0.3 is 0 Å². The molecule has 0 atom stereocenters. The molecule has 0 nitrogen and oxygen atoms in total. The molecule has 1 aromatic rings. The van der Waals surface area contributed by atoms with E-state index in [0.717, 1.165) is 12.0 Å². The first-order chi connectivity index (χ1) is 6.85. The quantitative estimate of drug-likeness (QED) is 0.487. The van der Waals surface area contributed by atoms with Crippen molar-refractivity contribution >= 4 is 0 Å². The Labute approximate surface area is 87.4 Å². The predicted molar refractivity (Wildman–Crippen MR) is 62.7 cm³/mol. The summed E-state index contributed by atoms with van der Waals surface area (Å²) in [6.45, 7) is 2.14. The summed E-state index contributed by atoms with van der Waals surface area (Å²) in [6.07, 6.45) is 13.4. The summed E-state index contributed by atoms with van der Waals surface area (Å²) in [4.78, 5) is 0. The molecule has 14 heavy (non-hydrogen) atoms. The normalized spacial score (nSPS) is 7.64. The lowest BCUT2D eigenvalue weighted by Gasteiger charge is -1.82. The summed E-state index contributed by atoms with van der Waals surface area (Å²) in [5.41, 5.74) is 0.938. The topological polar surface area (TPSA) is 0 Å². The van der Waals surface area contributed by atoms with E-state index in [0.29, 0.717) is 0 Å². The van der Waals surface area contributed by atoms with Crippen LogP contribution in [0.1, 0.15) is 31.7 Å². The first-order valence-electron chi connectivity index (χ1n) is 4.80. The fourth-order valence-electron chi connectivity index (χ4n) is 0.813. The molecular formula is C14H16. The van der Waals surface area contributed by atoms with Crippen LogP contribution in [0.25, 0.3) is 0 Å². The SMILES string of the molecule is C#CCCCC.C#Cc1ccccc1. The summed E-state index contributed by atoms with van der Waals surface area (Å²) < 4.78 is 0. The predicted octanol–water partition coefficient (Wildman–Crippen LogP) is 3.48. The first kappa shape index (κ1) is 12.3. The van der Waals surface area contributed by atoms with Crippen molar-refractivity contribution < 1.29 is 0 Å². The molecule has 0 aliphatic carbocycles. The molecule has 0 saturated heterocycles. The van der Waals surface area contributed by atoms with Gasteiger partial charge < -0.3 is 0 Å². The number of benzene rings is 1. The van der Waals surface area contributed by atoms with Crippen molar-refractivity contribution in [1.29, 1.82) is 0 Å². The van der Waals surface area contributed by atoms with Gasteiger partial charge in [-0.1, -0.05) is 37.5 Å². The van der Waals surface area contributed by atoms with Gasteiger partial charge in [0.2, 0.25) is 0 Å². The van der Waals surface area contributed by atoms with Crippen molar-refractivity contribution in [3.63, 3.8) is 0 Å². The van der Waals surface area contributed by atoms with Crippen molar-refractivity contribution in [2.45, 2.75) is 26.2 Å². The molecule has 0 unspecified atom stereocenters. The highest BCUT2D eigenvalue weighted by molar-refractivity contribution is 5.30. The maximum atomic E-state index is 5.10. The minimum absolute atomic E-state index is 0.938. The Kier molecular flexibility index (Phi) is 8.31. The first-order valence-corrected chi connectivity index (χ1v) is 4.80. The lowest BCUT2D eigenvalue weighted by Crippen LogP contribution is -1.66. The van der Waals surface area contributed by atoms with Gasteiger partial charge in [0.05, 0.1) is 0 Å². The van der Waals surface area contributed by atoms with Crippen LogP contribution in [-0.2, 0) is 0 Å². The average Bonchev–Trinajstić information content (AvgIpc) is 2.28. The lowest BCUT2D eigenvalue weighted by atomic mass is 10.2. The van der Waals surface area contributed by atoms with Crippen LogP contribution in [0.2, 0.25) is 0 Å².